The van der Waals surface area contributed by atoms with Crippen LogP contribution >= 0.6 is 27.3 Å². The fourth-order valence-corrected chi connectivity index (χ4v) is 5.76. The summed E-state index contributed by atoms with van der Waals surface area (Å²) in [7, 11) is 0. The fourth-order valence-electron chi connectivity index (χ4n) is 3.89. The van der Waals surface area contributed by atoms with Gasteiger partial charge in [0, 0.05) is 38.9 Å². The molecular weight excluding hydrogens is 468 g/mol. The first-order valence-corrected chi connectivity index (χ1v) is 12.0. The molecule has 30 heavy (non-hydrogen) atoms. The highest BCUT2D eigenvalue weighted by Gasteiger charge is 2.39. The van der Waals surface area contributed by atoms with Gasteiger partial charge >= 0.3 is 5.97 Å². The van der Waals surface area contributed by atoms with Gasteiger partial charge in [-0.15, -0.1) is 11.3 Å². The molecule has 1 heterocycles. The second-order valence-corrected chi connectivity index (χ2v) is 10.1. The van der Waals surface area contributed by atoms with E-state index >= 15 is 0 Å². The van der Waals surface area contributed by atoms with E-state index in [2.05, 4.69) is 29.8 Å². The maximum Gasteiger partial charge on any atom is 0.303 e. The van der Waals surface area contributed by atoms with E-state index in [1.807, 2.05) is 12.2 Å². The van der Waals surface area contributed by atoms with Crippen molar-refractivity contribution in [3.05, 3.63) is 44.1 Å². The van der Waals surface area contributed by atoms with Crippen LogP contribution in [0.25, 0.3) is 0 Å². The third kappa shape index (κ3) is 7.15. The summed E-state index contributed by atoms with van der Waals surface area (Å²) in [6.07, 6.45) is 9.32. The molecule has 0 saturated heterocycles. The smallest absolute Gasteiger partial charge is 0.303 e. The van der Waals surface area contributed by atoms with Crippen molar-refractivity contribution in [3.63, 3.8) is 0 Å². The van der Waals surface area contributed by atoms with Crippen molar-refractivity contribution in [1.82, 2.24) is 0 Å². The molecule has 1 aliphatic rings. The van der Waals surface area contributed by atoms with E-state index in [0.717, 1.165) is 10.9 Å². The summed E-state index contributed by atoms with van der Waals surface area (Å²) in [4.78, 5) is 25.3. The van der Waals surface area contributed by atoms with Crippen LogP contribution in [0.4, 0.5) is 0 Å². The van der Waals surface area contributed by atoms with Crippen LogP contribution in [0.2, 0.25) is 0 Å². The molecule has 166 valence electrons. The number of rotatable bonds is 11. The van der Waals surface area contributed by atoms with Gasteiger partial charge in [-0.1, -0.05) is 24.3 Å². The number of hydrogen-bond acceptors (Lipinski definition) is 5. The molecule has 1 aromatic rings. The number of Topliss-reactive ketones (excluding diaryl/α,β-unsaturated/α-hetero) is 1. The number of aliphatic carboxylic acids is 1. The molecule has 1 aliphatic carbocycles. The topological polar surface area (TPSA) is 94.8 Å². The van der Waals surface area contributed by atoms with Gasteiger partial charge in [-0.2, -0.15) is 0 Å². The van der Waals surface area contributed by atoms with Gasteiger partial charge in [0.15, 0.2) is 0 Å². The molecule has 1 unspecified atom stereocenters. The molecule has 4 atom stereocenters. The maximum atomic E-state index is 12.3. The van der Waals surface area contributed by atoms with Crippen LogP contribution in [0, 0.1) is 25.7 Å². The van der Waals surface area contributed by atoms with Crippen molar-refractivity contribution >= 4 is 39.0 Å². The van der Waals surface area contributed by atoms with Crippen LogP contribution in [0.15, 0.2) is 28.8 Å². The second-order valence-electron chi connectivity index (χ2n) is 7.91. The molecule has 1 aromatic heterocycles. The molecule has 0 bridgehead atoms. The Bertz CT molecular complexity index is 798. The quantitative estimate of drug-likeness (QED) is 0.302. The number of hydrogen-bond donors (Lipinski definition) is 3. The van der Waals surface area contributed by atoms with Gasteiger partial charge in [0.25, 0.3) is 0 Å². The predicted octanol–water partition coefficient (Wildman–Crippen LogP) is 4.74. The minimum atomic E-state index is -0.807. The van der Waals surface area contributed by atoms with E-state index in [4.69, 9.17) is 5.11 Å². The van der Waals surface area contributed by atoms with E-state index < -0.39 is 18.2 Å². The van der Waals surface area contributed by atoms with Gasteiger partial charge < -0.3 is 15.3 Å². The van der Waals surface area contributed by atoms with Crippen molar-refractivity contribution in [2.24, 2.45) is 11.8 Å². The van der Waals surface area contributed by atoms with E-state index in [1.54, 1.807) is 23.5 Å². The van der Waals surface area contributed by atoms with Gasteiger partial charge in [0.1, 0.15) is 5.78 Å². The SMILES string of the molecule is Cc1sc(C)c(CC[C@H](O)/C=C/[C@H]2C(O)CC(=O)[C@@H]2C/C=C\CCCC(=O)O)c1Br. The van der Waals surface area contributed by atoms with Crippen LogP contribution in [0.3, 0.4) is 0 Å². The summed E-state index contributed by atoms with van der Waals surface area (Å²) in [5.41, 5.74) is 1.23. The standard InChI is InChI=1S/C23H31BrO5S/c1-14-17(23(24)15(2)30-14)11-9-16(25)10-12-19-18(20(26)13-21(19)27)7-5-3-4-6-8-22(28)29/h3,5,10,12,16,18-19,21,25,27H,4,6-9,11,13H2,1-2H3,(H,28,29)/b5-3-,12-10+/t16-,18+,19+,21?/m0/s1. The van der Waals surface area contributed by atoms with Crippen LogP contribution < -0.4 is 0 Å². The van der Waals surface area contributed by atoms with E-state index in [-0.39, 0.29) is 30.5 Å². The molecule has 1 saturated carbocycles. The Balaban J connectivity index is 1.88. The Kier molecular flexibility index (Phi) is 9.94. The van der Waals surface area contributed by atoms with Gasteiger partial charge in [-0.25, -0.2) is 0 Å². The molecule has 0 aromatic carbocycles. The summed E-state index contributed by atoms with van der Waals surface area (Å²) in [6.45, 7) is 4.15. The Morgan fingerprint density at radius 2 is 2.03 bits per heavy atom. The Hall–Kier alpha value is -1.28. The molecule has 3 N–H and O–H groups in total. The lowest BCUT2D eigenvalue weighted by Gasteiger charge is -2.16. The molecule has 5 nitrogen and oxygen atoms in total. The normalized spacial score (nSPS) is 23.1. The van der Waals surface area contributed by atoms with Gasteiger partial charge in [-0.3, -0.25) is 9.59 Å². The monoisotopic (exact) mass is 498 g/mol. The number of aliphatic hydroxyl groups is 2. The number of carbonyl (C=O) groups is 2. The van der Waals surface area contributed by atoms with Crippen molar-refractivity contribution in [3.8, 4) is 0 Å². The van der Waals surface area contributed by atoms with Gasteiger partial charge in [0.05, 0.1) is 12.2 Å². The lowest BCUT2D eigenvalue weighted by atomic mass is 9.90. The summed E-state index contributed by atoms with van der Waals surface area (Å²) >= 11 is 5.36. The number of aryl methyl sites for hydroxylation is 2. The number of thiophene rings is 1. The van der Waals surface area contributed by atoms with Crippen LogP contribution in [0.1, 0.15) is 53.8 Å². The van der Waals surface area contributed by atoms with Crippen molar-refractivity contribution in [2.45, 2.75) is 71.0 Å². The lowest BCUT2D eigenvalue weighted by molar-refractivity contribution is -0.137. The third-order valence-electron chi connectivity index (χ3n) is 5.60. The minimum absolute atomic E-state index is 0.0372. The number of ketones is 1. The minimum Gasteiger partial charge on any atom is -0.481 e. The zero-order chi connectivity index (χ0) is 22.3. The largest absolute Gasteiger partial charge is 0.481 e. The number of aliphatic hydroxyl groups excluding tert-OH is 2. The van der Waals surface area contributed by atoms with Crippen molar-refractivity contribution in [1.29, 1.82) is 0 Å². The van der Waals surface area contributed by atoms with Crippen LogP contribution in [-0.4, -0.2) is 39.3 Å². The first-order valence-electron chi connectivity index (χ1n) is 10.4. The second kappa shape index (κ2) is 11.9. The highest BCUT2D eigenvalue weighted by molar-refractivity contribution is 9.10. The Labute approximate surface area is 190 Å². The number of carboxylic acid groups (broad SMARTS) is 1. The molecule has 0 amide bonds. The van der Waals surface area contributed by atoms with Crippen molar-refractivity contribution < 1.29 is 24.9 Å². The molecule has 0 spiro atoms. The summed E-state index contributed by atoms with van der Waals surface area (Å²) in [6, 6.07) is 0. The summed E-state index contributed by atoms with van der Waals surface area (Å²) in [5, 5.41) is 29.3. The highest BCUT2D eigenvalue weighted by Crippen LogP contribution is 2.34. The number of allylic oxidation sites excluding steroid dienone is 2. The lowest BCUT2D eigenvalue weighted by Crippen LogP contribution is -2.19. The number of carboxylic acids is 1. The third-order valence-corrected chi connectivity index (χ3v) is 8.00. The first kappa shape index (κ1) is 25.0. The van der Waals surface area contributed by atoms with Crippen molar-refractivity contribution in [2.75, 3.05) is 0 Å². The average Bonchev–Trinajstić information content (AvgIpc) is 3.08. The predicted molar refractivity (Wildman–Crippen MR) is 123 cm³/mol. The van der Waals surface area contributed by atoms with E-state index in [0.29, 0.717) is 25.7 Å². The number of halogens is 1. The molecule has 0 radical (unpaired) electrons. The molecule has 0 aliphatic heterocycles. The van der Waals surface area contributed by atoms with E-state index in [9.17, 15) is 19.8 Å². The molecule has 1 fully saturated rings. The van der Waals surface area contributed by atoms with E-state index in [1.165, 1.54) is 15.3 Å². The van der Waals surface area contributed by atoms with Gasteiger partial charge in [-0.05, 0) is 67.4 Å². The fraction of sp³-hybridized carbons (Fsp3) is 0.565. The Morgan fingerprint density at radius 3 is 2.67 bits per heavy atom. The van der Waals surface area contributed by atoms with Crippen LogP contribution in [0.5, 0.6) is 0 Å². The zero-order valence-electron chi connectivity index (χ0n) is 17.5. The molecular formula is C23H31BrO5S. The number of carbonyl (C=O) groups excluding carboxylic acids is 1. The number of unbranched alkanes of at least 4 members (excludes halogenated alkanes) is 1. The molecule has 2 rings (SSSR count). The average molecular weight is 499 g/mol. The van der Waals surface area contributed by atoms with Crippen LogP contribution in [-0.2, 0) is 16.0 Å². The summed E-state index contributed by atoms with van der Waals surface area (Å²) < 4.78 is 1.12. The molecule has 7 heteroatoms. The summed E-state index contributed by atoms with van der Waals surface area (Å²) in [5.74, 6) is -1.36. The van der Waals surface area contributed by atoms with Gasteiger partial charge in [0.2, 0.25) is 0 Å². The maximum absolute atomic E-state index is 12.3. The highest BCUT2D eigenvalue weighted by atomic mass is 79.9. The first-order chi connectivity index (χ1) is 14.2. The Morgan fingerprint density at radius 1 is 1.30 bits per heavy atom. The zero-order valence-corrected chi connectivity index (χ0v) is 19.9.